The number of aldehydes is 1. The fourth-order valence-electron chi connectivity index (χ4n) is 2.29. The summed E-state index contributed by atoms with van der Waals surface area (Å²) in [7, 11) is 0. The summed E-state index contributed by atoms with van der Waals surface area (Å²) in [6.07, 6.45) is 4.64. The Morgan fingerprint density at radius 3 is 3.06 bits per heavy atom. The van der Waals surface area contributed by atoms with Gasteiger partial charge in [0.2, 0.25) is 0 Å². The van der Waals surface area contributed by atoms with Gasteiger partial charge in [0, 0.05) is 41.8 Å². The van der Waals surface area contributed by atoms with Gasteiger partial charge in [-0.15, -0.1) is 0 Å². The van der Waals surface area contributed by atoms with Crippen molar-refractivity contribution in [3.05, 3.63) is 47.0 Å². The molecule has 0 aliphatic carbocycles. The van der Waals surface area contributed by atoms with E-state index in [-0.39, 0.29) is 0 Å². The fraction of sp³-hybridized carbons (Fsp3) is 0.231. The van der Waals surface area contributed by atoms with Crippen molar-refractivity contribution in [2.45, 2.75) is 13.1 Å². The lowest BCUT2D eigenvalue weighted by molar-refractivity contribution is 0.112. The molecule has 3 rings (SSSR count). The Morgan fingerprint density at radius 1 is 1.33 bits per heavy atom. The van der Waals surface area contributed by atoms with Crippen molar-refractivity contribution in [1.29, 1.82) is 0 Å². The molecule has 1 aromatic heterocycles. The van der Waals surface area contributed by atoms with Crippen molar-refractivity contribution in [3.8, 4) is 0 Å². The number of hydrogen-bond donors (Lipinski definition) is 0. The van der Waals surface area contributed by atoms with Gasteiger partial charge in [-0.2, -0.15) is 0 Å². The summed E-state index contributed by atoms with van der Waals surface area (Å²) >= 11 is 5.90. The maximum atomic E-state index is 11.1. The molecule has 0 atom stereocenters. The molecule has 0 amide bonds. The number of carbonyl (C=O) groups is 1. The Hall–Kier alpha value is -1.81. The summed E-state index contributed by atoms with van der Waals surface area (Å²) in [5, 5.41) is 0.583. The summed E-state index contributed by atoms with van der Waals surface area (Å²) in [6.45, 7) is 2.47. The summed E-state index contributed by atoms with van der Waals surface area (Å²) in [6, 6.07) is 5.40. The highest BCUT2D eigenvalue weighted by atomic mass is 35.5. The van der Waals surface area contributed by atoms with Gasteiger partial charge in [-0.1, -0.05) is 11.6 Å². The van der Waals surface area contributed by atoms with Crippen LogP contribution in [-0.4, -0.2) is 22.4 Å². The molecule has 18 heavy (non-hydrogen) atoms. The van der Waals surface area contributed by atoms with Crippen molar-refractivity contribution in [1.82, 2.24) is 9.55 Å². The third-order valence-corrected chi connectivity index (χ3v) is 3.44. The van der Waals surface area contributed by atoms with Crippen LogP contribution in [-0.2, 0) is 13.1 Å². The second-order valence-corrected chi connectivity index (χ2v) is 4.72. The number of benzene rings is 1. The van der Waals surface area contributed by atoms with Crippen LogP contribution in [0.25, 0.3) is 0 Å². The minimum absolute atomic E-state index is 0.583. The van der Waals surface area contributed by atoms with Crippen LogP contribution in [0.4, 0.5) is 5.69 Å². The van der Waals surface area contributed by atoms with Gasteiger partial charge in [0.15, 0.2) is 6.29 Å². The third-order valence-electron chi connectivity index (χ3n) is 3.20. The standard InChI is InChI=1S/C13H12ClN3O/c14-11-1-2-12(10(7-11)9-18)17-6-5-16-4-3-15-13(16)8-17/h1-4,7,9H,5-6,8H2. The van der Waals surface area contributed by atoms with E-state index in [0.29, 0.717) is 10.6 Å². The van der Waals surface area contributed by atoms with Crippen LogP contribution in [0.3, 0.4) is 0 Å². The third kappa shape index (κ3) is 1.88. The molecule has 0 saturated carbocycles. The van der Waals surface area contributed by atoms with Gasteiger partial charge in [-0.3, -0.25) is 4.79 Å². The molecule has 2 aromatic rings. The molecule has 0 N–H and O–H groups in total. The highest BCUT2D eigenvalue weighted by Crippen LogP contribution is 2.26. The lowest BCUT2D eigenvalue weighted by Gasteiger charge is -2.30. The molecular weight excluding hydrogens is 250 g/mol. The van der Waals surface area contributed by atoms with E-state index >= 15 is 0 Å². The predicted molar refractivity (Wildman–Crippen MR) is 70.1 cm³/mol. The number of halogens is 1. The first-order chi connectivity index (χ1) is 8.78. The van der Waals surface area contributed by atoms with E-state index in [1.807, 2.05) is 18.3 Å². The topological polar surface area (TPSA) is 38.1 Å². The SMILES string of the molecule is O=Cc1cc(Cl)ccc1N1CCn2ccnc2C1. The molecule has 1 aliphatic rings. The minimum atomic E-state index is 0.583. The number of anilines is 1. The number of carbonyl (C=O) groups excluding carboxylic acids is 1. The van der Waals surface area contributed by atoms with Gasteiger partial charge in [-0.05, 0) is 18.2 Å². The highest BCUT2D eigenvalue weighted by Gasteiger charge is 2.19. The van der Waals surface area contributed by atoms with Crippen LogP contribution in [0.2, 0.25) is 5.02 Å². The number of aromatic nitrogens is 2. The zero-order valence-corrected chi connectivity index (χ0v) is 10.5. The second kappa shape index (κ2) is 4.46. The largest absolute Gasteiger partial charge is 0.362 e. The lowest BCUT2D eigenvalue weighted by Crippen LogP contribution is -2.34. The highest BCUT2D eigenvalue weighted by molar-refractivity contribution is 6.31. The van der Waals surface area contributed by atoms with Gasteiger partial charge in [0.1, 0.15) is 5.82 Å². The molecule has 0 spiro atoms. The smallest absolute Gasteiger partial charge is 0.152 e. The summed E-state index contributed by atoms with van der Waals surface area (Å²) in [5.41, 5.74) is 1.55. The van der Waals surface area contributed by atoms with E-state index < -0.39 is 0 Å². The van der Waals surface area contributed by atoms with Gasteiger partial charge in [0.25, 0.3) is 0 Å². The molecule has 0 unspecified atom stereocenters. The molecule has 2 heterocycles. The fourth-order valence-corrected chi connectivity index (χ4v) is 2.47. The Morgan fingerprint density at radius 2 is 2.22 bits per heavy atom. The molecule has 1 aromatic carbocycles. The quantitative estimate of drug-likeness (QED) is 0.779. The predicted octanol–water partition coefficient (Wildman–Crippen LogP) is 2.37. The van der Waals surface area contributed by atoms with Crippen LogP contribution < -0.4 is 4.90 Å². The average Bonchev–Trinajstić information content (AvgIpc) is 2.85. The summed E-state index contributed by atoms with van der Waals surface area (Å²) < 4.78 is 2.13. The maximum absolute atomic E-state index is 11.1. The van der Waals surface area contributed by atoms with E-state index in [0.717, 1.165) is 37.4 Å². The van der Waals surface area contributed by atoms with Gasteiger partial charge in [-0.25, -0.2) is 4.98 Å². The number of nitrogens with zero attached hydrogens (tertiary/aromatic N) is 3. The van der Waals surface area contributed by atoms with Crippen molar-refractivity contribution < 1.29 is 4.79 Å². The van der Waals surface area contributed by atoms with E-state index in [9.17, 15) is 4.79 Å². The van der Waals surface area contributed by atoms with Crippen molar-refractivity contribution >= 4 is 23.6 Å². The minimum Gasteiger partial charge on any atom is -0.362 e. The van der Waals surface area contributed by atoms with E-state index in [4.69, 9.17) is 11.6 Å². The first kappa shape index (κ1) is 11.3. The lowest BCUT2D eigenvalue weighted by atomic mass is 10.1. The molecule has 0 radical (unpaired) electrons. The van der Waals surface area contributed by atoms with Crippen molar-refractivity contribution in [3.63, 3.8) is 0 Å². The Labute approximate surface area is 110 Å². The average molecular weight is 262 g/mol. The van der Waals surface area contributed by atoms with Gasteiger partial charge in [0.05, 0.1) is 6.54 Å². The van der Waals surface area contributed by atoms with Crippen LogP contribution in [0.5, 0.6) is 0 Å². The van der Waals surface area contributed by atoms with Crippen LogP contribution in [0.1, 0.15) is 16.2 Å². The molecule has 5 heteroatoms. The van der Waals surface area contributed by atoms with Crippen LogP contribution in [0, 0.1) is 0 Å². The second-order valence-electron chi connectivity index (χ2n) is 4.28. The number of rotatable bonds is 2. The zero-order chi connectivity index (χ0) is 12.5. The molecule has 1 aliphatic heterocycles. The van der Waals surface area contributed by atoms with Gasteiger partial charge < -0.3 is 9.47 Å². The maximum Gasteiger partial charge on any atom is 0.152 e. The molecule has 92 valence electrons. The van der Waals surface area contributed by atoms with Crippen molar-refractivity contribution in [2.75, 3.05) is 11.4 Å². The number of imidazole rings is 1. The summed E-state index contributed by atoms with van der Waals surface area (Å²) in [5.74, 6) is 1.02. The van der Waals surface area contributed by atoms with Gasteiger partial charge >= 0.3 is 0 Å². The summed E-state index contributed by atoms with van der Waals surface area (Å²) in [4.78, 5) is 17.6. The monoisotopic (exact) mass is 261 g/mol. The molecule has 4 nitrogen and oxygen atoms in total. The van der Waals surface area contributed by atoms with E-state index in [1.54, 1.807) is 12.3 Å². The normalized spacial score (nSPS) is 14.4. The number of hydrogen-bond acceptors (Lipinski definition) is 3. The number of fused-ring (bicyclic) bond motifs is 1. The zero-order valence-electron chi connectivity index (χ0n) is 9.71. The van der Waals surface area contributed by atoms with E-state index in [2.05, 4.69) is 14.5 Å². The van der Waals surface area contributed by atoms with Crippen LogP contribution >= 0.6 is 11.6 Å². The van der Waals surface area contributed by atoms with Crippen LogP contribution in [0.15, 0.2) is 30.6 Å². The van der Waals surface area contributed by atoms with Crippen molar-refractivity contribution in [2.24, 2.45) is 0 Å². The van der Waals surface area contributed by atoms with E-state index in [1.165, 1.54) is 0 Å². The Bertz CT molecular complexity index is 594. The first-order valence-corrected chi connectivity index (χ1v) is 6.15. The molecular formula is C13H12ClN3O. The molecule has 0 bridgehead atoms. The molecule has 0 saturated heterocycles. The molecule has 0 fully saturated rings. The Kier molecular flexibility index (Phi) is 2.80. The Balaban J connectivity index is 1.95. The first-order valence-electron chi connectivity index (χ1n) is 5.77.